The zero-order valence-electron chi connectivity index (χ0n) is 14.7. The van der Waals surface area contributed by atoms with Gasteiger partial charge < -0.3 is 14.4 Å². The number of likely N-dealkylation sites (tertiary alicyclic amines) is 1. The van der Waals surface area contributed by atoms with Crippen LogP contribution in [-0.2, 0) is 7.05 Å². The molecular formula is C19H21N3O4. The fourth-order valence-electron chi connectivity index (χ4n) is 3.51. The normalized spacial score (nSPS) is 19.3. The van der Waals surface area contributed by atoms with Crippen molar-refractivity contribution in [3.63, 3.8) is 0 Å². The van der Waals surface area contributed by atoms with Gasteiger partial charge in [0.05, 0.1) is 19.3 Å². The van der Waals surface area contributed by atoms with Crippen LogP contribution in [0.2, 0.25) is 0 Å². The van der Waals surface area contributed by atoms with Gasteiger partial charge in [0.2, 0.25) is 0 Å². The van der Waals surface area contributed by atoms with E-state index >= 15 is 0 Å². The maximum Gasteiger partial charge on any atom is 0.274 e. The molecule has 136 valence electrons. The van der Waals surface area contributed by atoms with E-state index in [2.05, 4.69) is 5.10 Å². The Labute approximate surface area is 151 Å². The monoisotopic (exact) mass is 355 g/mol. The van der Waals surface area contributed by atoms with Crippen LogP contribution < -0.4 is 15.0 Å². The Morgan fingerprint density at radius 2 is 1.92 bits per heavy atom. The van der Waals surface area contributed by atoms with Gasteiger partial charge in [0, 0.05) is 26.1 Å². The van der Waals surface area contributed by atoms with E-state index in [-0.39, 0.29) is 23.2 Å². The molecule has 0 aliphatic carbocycles. The van der Waals surface area contributed by atoms with E-state index in [1.165, 1.54) is 16.8 Å². The molecule has 0 saturated carbocycles. The minimum Gasteiger partial charge on any atom is -0.490 e. The smallest absolute Gasteiger partial charge is 0.274 e. The van der Waals surface area contributed by atoms with Crippen molar-refractivity contribution in [3.05, 3.63) is 51.9 Å². The molecule has 1 unspecified atom stereocenters. The maximum absolute atomic E-state index is 12.9. The number of hydrogen-bond acceptors (Lipinski definition) is 5. The number of carbonyl (C=O) groups excluding carboxylic acids is 1. The Balaban J connectivity index is 1.62. The summed E-state index contributed by atoms with van der Waals surface area (Å²) in [7, 11) is 1.55. The molecule has 0 radical (unpaired) electrons. The van der Waals surface area contributed by atoms with Crippen molar-refractivity contribution in [2.24, 2.45) is 7.05 Å². The van der Waals surface area contributed by atoms with Crippen molar-refractivity contribution in [2.45, 2.75) is 25.3 Å². The van der Waals surface area contributed by atoms with Crippen molar-refractivity contribution >= 4 is 5.91 Å². The van der Waals surface area contributed by atoms with E-state index in [1.807, 2.05) is 23.1 Å². The predicted molar refractivity (Wildman–Crippen MR) is 94.5 cm³/mol. The summed E-state index contributed by atoms with van der Waals surface area (Å²) in [4.78, 5) is 26.3. The second-order valence-electron chi connectivity index (χ2n) is 6.59. The number of nitrogens with zero attached hydrogens (tertiary/aromatic N) is 3. The second-order valence-corrected chi connectivity index (χ2v) is 6.59. The third-order valence-corrected chi connectivity index (χ3v) is 4.85. The quantitative estimate of drug-likeness (QED) is 0.823. The Morgan fingerprint density at radius 3 is 2.73 bits per heavy atom. The molecule has 1 fully saturated rings. The third kappa shape index (κ3) is 3.05. The van der Waals surface area contributed by atoms with E-state index in [1.54, 1.807) is 7.05 Å². The topological polar surface area (TPSA) is 73.7 Å². The van der Waals surface area contributed by atoms with Crippen LogP contribution in [0.1, 0.15) is 41.4 Å². The molecule has 7 heteroatoms. The van der Waals surface area contributed by atoms with Gasteiger partial charge in [0.1, 0.15) is 5.69 Å². The first-order valence-corrected chi connectivity index (χ1v) is 8.88. The summed E-state index contributed by atoms with van der Waals surface area (Å²) >= 11 is 0. The van der Waals surface area contributed by atoms with Crippen molar-refractivity contribution in [2.75, 3.05) is 19.8 Å². The first-order valence-electron chi connectivity index (χ1n) is 8.88. The lowest BCUT2D eigenvalue weighted by Gasteiger charge is -2.25. The zero-order valence-corrected chi connectivity index (χ0v) is 14.7. The molecule has 0 spiro atoms. The first-order chi connectivity index (χ1) is 12.6. The summed E-state index contributed by atoms with van der Waals surface area (Å²) in [6.07, 6.45) is 2.67. The summed E-state index contributed by atoms with van der Waals surface area (Å²) in [5, 5.41) is 4.10. The molecule has 2 aromatic rings. The van der Waals surface area contributed by atoms with Gasteiger partial charge in [-0.25, -0.2) is 4.68 Å². The molecule has 2 aliphatic rings. The van der Waals surface area contributed by atoms with Crippen LogP contribution in [0, 0.1) is 0 Å². The molecule has 0 N–H and O–H groups in total. The summed E-state index contributed by atoms with van der Waals surface area (Å²) < 4.78 is 12.7. The van der Waals surface area contributed by atoms with Gasteiger partial charge in [-0.3, -0.25) is 9.59 Å². The second kappa shape index (κ2) is 6.82. The highest BCUT2D eigenvalue weighted by molar-refractivity contribution is 5.92. The number of rotatable bonds is 2. The Bertz CT molecular complexity index is 893. The zero-order chi connectivity index (χ0) is 18.1. The minimum absolute atomic E-state index is 0.0290. The minimum atomic E-state index is -0.234. The summed E-state index contributed by atoms with van der Waals surface area (Å²) in [5.74, 6) is 1.33. The van der Waals surface area contributed by atoms with E-state index in [4.69, 9.17) is 9.47 Å². The Hall–Kier alpha value is -2.83. The number of benzene rings is 1. The molecule has 1 saturated heterocycles. The molecule has 3 heterocycles. The number of aryl methyl sites for hydroxylation is 1. The third-order valence-electron chi connectivity index (χ3n) is 4.85. The van der Waals surface area contributed by atoms with Gasteiger partial charge >= 0.3 is 0 Å². The van der Waals surface area contributed by atoms with Crippen molar-refractivity contribution in [1.82, 2.24) is 14.7 Å². The molecule has 1 amide bonds. The van der Waals surface area contributed by atoms with E-state index in [9.17, 15) is 9.59 Å². The molecule has 1 aromatic carbocycles. The molecule has 1 atom stereocenters. The van der Waals surface area contributed by atoms with E-state index in [0.29, 0.717) is 19.8 Å². The average Bonchev–Trinajstić information content (AvgIpc) is 3.02. The van der Waals surface area contributed by atoms with Gasteiger partial charge in [0.25, 0.3) is 11.5 Å². The van der Waals surface area contributed by atoms with Gasteiger partial charge in [-0.2, -0.15) is 5.10 Å². The van der Waals surface area contributed by atoms with E-state index in [0.717, 1.165) is 36.3 Å². The van der Waals surface area contributed by atoms with Crippen molar-refractivity contribution in [3.8, 4) is 11.5 Å². The van der Waals surface area contributed by atoms with Crippen molar-refractivity contribution in [1.29, 1.82) is 0 Å². The molecule has 1 aromatic heterocycles. The van der Waals surface area contributed by atoms with Crippen LogP contribution in [0.15, 0.2) is 35.1 Å². The lowest BCUT2D eigenvalue weighted by atomic mass is 10.0. The number of fused-ring (bicyclic) bond motifs is 1. The number of aromatic nitrogens is 2. The van der Waals surface area contributed by atoms with Gasteiger partial charge in [-0.05, 0) is 36.6 Å². The average molecular weight is 355 g/mol. The number of carbonyl (C=O) groups is 1. The fourth-order valence-corrected chi connectivity index (χ4v) is 3.51. The van der Waals surface area contributed by atoms with Crippen LogP contribution in [-0.4, -0.2) is 40.3 Å². The molecule has 7 nitrogen and oxygen atoms in total. The fraction of sp³-hybridized carbons (Fsp3) is 0.421. The standard InChI is InChI=1S/C19H21N3O4/c1-21-18(23)8-6-14(20-21)19(24)22-9-2-4-15(22)13-5-7-16-17(12-13)26-11-3-10-25-16/h5-8,12,15H,2-4,9-11H2,1H3. The highest BCUT2D eigenvalue weighted by atomic mass is 16.5. The number of ether oxygens (including phenoxy) is 2. The van der Waals surface area contributed by atoms with Gasteiger partial charge in [-0.1, -0.05) is 6.07 Å². The summed E-state index contributed by atoms with van der Waals surface area (Å²) in [6, 6.07) is 8.73. The van der Waals surface area contributed by atoms with Gasteiger partial charge in [-0.15, -0.1) is 0 Å². The van der Waals surface area contributed by atoms with Crippen molar-refractivity contribution < 1.29 is 14.3 Å². The molecule has 26 heavy (non-hydrogen) atoms. The van der Waals surface area contributed by atoms with Crippen LogP contribution >= 0.6 is 0 Å². The highest BCUT2D eigenvalue weighted by Gasteiger charge is 2.32. The van der Waals surface area contributed by atoms with Crippen LogP contribution in [0.25, 0.3) is 0 Å². The molecule has 0 bridgehead atoms. The van der Waals surface area contributed by atoms with Crippen LogP contribution in [0.5, 0.6) is 11.5 Å². The van der Waals surface area contributed by atoms with Crippen LogP contribution in [0.4, 0.5) is 0 Å². The lowest BCUT2D eigenvalue weighted by molar-refractivity contribution is 0.0726. The summed E-state index contributed by atoms with van der Waals surface area (Å²) in [5.41, 5.74) is 1.08. The Morgan fingerprint density at radius 1 is 1.12 bits per heavy atom. The molecule has 2 aliphatic heterocycles. The summed E-state index contributed by atoms with van der Waals surface area (Å²) in [6.45, 7) is 1.95. The molecule has 4 rings (SSSR count). The number of amides is 1. The van der Waals surface area contributed by atoms with Crippen LogP contribution in [0.3, 0.4) is 0 Å². The first kappa shape index (κ1) is 16.6. The SMILES string of the molecule is Cn1nc(C(=O)N2CCCC2c2ccc3c(c2)OCCCO3)ccc1=O. The highest BCUT2D eigenvalue weighted by Crippen LogP contribution is 2.38. The molecular weight excluding hydrogens is 334 g/mol. The Kier molecular flexibility index (Phi) is 4.36. The number of hydrogen-bond donors (Lipinski definition) is 0. The van der Waals surface area contributed by atoms with E-state index < -0.39 is 0 Å². The lowest BCUT2D eigenvalue weighted by Crippen LogP contribution is -2.33. The largest absolute Gasteiger partial charge is 0.490 e. The van der Waals surface area contributed by atoms with Gasteiger partial charge in [0.15, 0.2) is 11.5 Å². The maximum atomic E-state index is 12.9. The predicted octanol–water partition coefficient (Wildman–Crippen LogP) is 1.92.